The minimum Gasteiger partial charge on any atom is -0.497 e. The summed E-state index contributed by atoms with van der Waals surface area (Å²) in [6, 6.07) is 5.41. The number of fused-ring (bicyclic) bond motifs is 2. The van der Waals surface area contributed by atoms with Gasteiger partial charge in [0.05, 0.1) is 19.8 Å². The smallest absolute Gasteiger partial charge is 0.410 e. The molecule has 1 aromatic rings. The number of ketones is 1. The Hall–Kier alpha value is -2.24. The Morgan fingerprint density at radius 2 is 1.68 bits per heavy atom. The van der Waals surface area contributed by atoms with Crippen molar-refractivity contribution in [2.24, 2.45) is 5.92 Å². The van der Waals surface area contributed by atoms with Crippen molar-refractivity contribution in [2.45, 2.75) is 70.6 Å². The second kappa shape index (κ2) is 8.02. The van der Waals surface area contributed by atoms with Crippen LogP contribution in [-0.2, 0) is 4.74 Å². The topological polar surface area (TPSA) is 65.1 Å². The first-order valence-electron chi connectivity index (χ1n) is 10.0. The summed E-state index contributed by atoms with van der Waals surface area (Å²) >= 11 is 0. The van der Waals surface area contributed by atoms with Crippen LogP contribution in [-0.4, -0.2) is 48.7 Å². The molecule has 0 aliphatic carbocycles. The van der Waals surface area contributed by atoms with E-state index in [-0.39, 0.29) is 29.9 Å². The number of ether oxygens (including phenoxy) is 3. The van der Waals surface area contributed by atoms with Crippen LogP contribution in [0.3, 0.4) is 0 Å². The molecule has 154 valence electrons. The molecule has 2 fully saturated rings. The number of Topliss-reactive ketones (excluding diaryl/α,β-unsaturated/α-hetero) is 1. The van der Waals surface area contributed by atoms with Crippen molar-refractivity contribution in [3.8, 4) is 11.5 Å². The van der Waals surface area contributed by atoms with E-state index in [1.54, 1.807) is 32.4 Å². The van der Waals surface area contributed by atoms with Crippen LogP contribution in [0.2, 0.25) is 0 Å². The van der Waals surface area contributed by atoms with Crippen LogP contribution in [0.1, 0.15) is 63.2 Å². The Bertz CT molecular complexity index is 725. The van der Waals surface area contributed by atoms with Crippen molar-refractivity contribution in [1.29, 1.82) is 0 Å². The van der Waals surface area contributed by atoms with Crippen molar-refractivity contribution < 1.29 is 23.8 Å². The summed E-state index contributed by atoms with van der Waals surface area (Å²) < 4.78 is 16.3. The fraction of sp³-hybridized carbons (Fsp3) is 0.636. The summed E-state index contributed by atoms with van der Waals surface area (Å²) in [5.74, 6) is 1.16. The lowest BCUT2D eigenvalue weighted by atomic mass is 9.75. The number of methoxy groups -OCH3 is 2. The molecule has 6 heteroatoms. The number of hydrogen-bond acceptors (Lipinski definition) is 5. The van der Waals surface area contributed by atoms with Gasteiger partial charge in [-0.3, -0.25) is 4.79 Å². The fourth-order valence-corrected chi connectivity index (χ4v) is 4.43. The molecule has 2 aliphatic heterocycles. The number of amides is 1. The molecule has 0 aromatic heterocycles. The van der Waals surface area contributed by atoms with Crippen molar-refractivity contribution in [3.05, 3.63) is 23.8 Å². The predicted molar refractivity (Wildman–Crippen MR) is 106 cm³/mol. The van der Waals surface area contributed by atoms with E-state index in [0.29, 0.717) is 29.9 Å². The molecule has 6 nitrogen and oxygen atoms in total. The highest BCUT2D eigenvalue weighted by Gasteiger charge is 2.44. The molecule has 1 amide bonds. The second-order valence-electron chi connectivity index (χ2n) is 8.72. The number of piperidine rings is 2. The number of benzene rings is 1. The maximum Gasteiger partial charge on any atom is 0.410 e. The number of hydrogen-bond donors (Lipinski definition) is 0. The molecule has 2 heterocycles. The molecule has 0 N–H and O–H groups in total. The average molecular weight is 389 g/mol. The van der Waals surface area contributed by atoms with Crippen molar-refractivity contribution in [1.82, 2.24) is 4.90 Å². The van der Waals surface area contributed by atoms with Crippen LogP contribution < -0.4 is 9.47 Å². The van der Waals surface area contributed by atoms with E-state index < -0.39 is 5.60 Å². The third-order valence-corrected chi connectivity index (χ3v) is 5.62. The van der Waals surface area contributed by atoms with Gasteiger partial charge >= 0.3 is 6.09 Å². The normalized spacial score (nSPS) is 24.5. The van der Waals surface area contributed by atoms with E-state index in [1.807, 2.05) is 25.7 Å². The first-order chi connectivity index (χ1) is 13.2. The van der Waals surface area contributed by atoms with Crippen LogP contribution in [0, 0.1) is 5.92 Å². The Labute approximate surface area is 167 Å². The maximum atomic E-state index is 13.3. The minimum absolute atomic E-state index is 0.0561. The lowest BCUT2D eigenvalue weighted by Gasteiger charge is -2.48. The van der Waals surface area contributed by atoms with Crippen LogP contribution in [0.15, 0.2) is 18.2 Å². The first kappa shape index (κ1) is 20.5. The van der Waals surface area contributed by atoms with E-state index in [2.05, 4.69) is 0 Å². The maximum absolute atomic E-state index is 13.3. The molecule has 2 saturated heterocycles. The van der Waals surface area contributed by atoms with E-state index >= 15 is 0 Å². The van der Waals surface area contributed by atoms with Gasteiger partial charge in [-0.25, -0.2) is 4.79 Å². The molecule has 3 rings (SSSR count). The molecule has 1 aromatic carbocycles. The summed E-state index contributed by atoms with van der Waals surface area (Å²) in [7, 11) is 3.15. The first-order valence-corrected chi connectivity index (χ1v) is 10.0. The lowest BCUT2D eigenvalue weighted by Crippen LogP contribution is -2.56. The van der Waals surface area contributed by atoms with Gasteiger partial charge in [0.25, 0.3) is 0 Å². The monoisotopic (exact) mass is 389 g/mol. The number of nitrogens with zero attached hydrogens (tertiary/aromatic N) is 1. The molecule has 2 bridgehead atoms. The highest BCUT2D eigenvalue weighted by molar-refractivity contribution is 6.00. The standard InChI is InChI=1S/C22H31NO5/c1-22(2,3)28-21(25)23-15-7-6-8-16(23)12-14(11-15)20(24)18-10-9-17(26-4)13-19(18)27-5/h9-10,13-16H,6-8,11-12H2,1-5H3. The van der Waals surface area contributed by atoms with Gasteiger partial charge in [0.2, 0.25) is 0 Å². The van der Waals surface area contributed by atoms with Gasteiger partial charge in [-0.05, 0) is 65.0 Å². The number of carbonyl (C=O) groups is 2. The third-order valence-electron chi connectivity index (χ3n) is 5.62. The summed E-state index contributed by atoms with van der Waals surface area (Å²) in [6.07, 6.45) is 4.00. The van der Waals surface area contributed by atoms with Gasteiger partial charge in [-0.1, -0.05) is 0 Å². The number of rotatable bonds is 4. The highest BCUT2D eigenvalue weighted by atomic mass is 16.6. The predicted octanol–water partition coefficient (Wildman–Crippen LogP) is 4.45. The fourth-order valence-electron chi connectivity index (χ4n) is 4.43. The van der Waals surface area contributed by atoms with Gasteiger partial charge in [0.15, 0.2) is 5.78 Å². The Kier molecular flexibility index (Phi) is 5.87. The zero-order chi connectivity index (χ0) is 20.5. The van der Waals surface area contributed by atoms with Crippen LogP contribution in [0.5, 0.6) is 11.5 Å². The van der Waals surface area contributed by atoms with E-state index in [1.165, 1.54) is 0 Å². The van der Waals surface area contributed by atoms with Gasteiger partial charge in [0.1, 0.15) is 17.1 Å². The molecule has 2 atom stereocenters. The average Bonchev–Trinajstić information content (AvgIpc) is 2.64. The van der Waals surface area contributed by atoms with Crippen molar-refractivity contribution in [3.63, 3.8) is 0 Å². The summed E-state index contributed by atoms with van der Waals surface area (Å²) in [5, 5.41) is 0. The quantitative estimate of drug-likeness (QED) is 0.712. The third kappa shape index (κ3) is 4.26. The summed E-state index contributed by atoms with van der Waals surface area (Å²) in [4.78, 5) is 27.9. The minimum atomic E-state index is -0.519. The molecule has 0 spiro atoms. The Balaban J connectivity index is 1.78. The van der Waals surface area contributed by atoms with E-state index in [4.69, 9.17) is 14.2 Å². The molecule has 2 aliphatic rings. The second-order valence-corrected chi connectivity index (χ2v) is 8.72. The molecule has 0 saturated carbocycles. The lowest BCUT2D eigenvalue weighted by molar-refractivity contribution is -0.0261. The van der Waals surface area contributed by atoms with Crippen molar-refractivity contribution in [2.75, 3.05) is 14.2 Å². The Morgan fingerprint density at radius 3 is 2.21 bits per heavy atom. The molecular formula is C22H31NO5. The molecule has 28 heavy (non-hydrogen) atoms. The number of carbonyl (C=O) groups excluding carboxylic acids is 2. The largest absolute Gasteiger partial charge is 0.497 e. The molecule has 0 radical (unpaired) electrons. The molecule has 2 unspecified atom stereocenters. The zero-order valence-corrected chi connectivity index (χ0v) is 17.5. The zero-order valence-electron chi connectivity index (χ0n) is 17.5. The molecular weight excluding hydrogens is 358 g/mol. The Morgan fingerprint density at radius 1 is 1.04 bits per heavy atom. The van der Waals surface area contributed by atoms with Gasteiger partial charge in [0, 0.05) is 24.1 Å². The van der Waals surface area contributed by atoms with E-state index in [0.717, 1.165) is 19.3 Å². The van der Waals surface area contributed by atoms with Gasteiger partial charge in [-0.15, -0.1) is 0 Å². The van der Waals surface area contributed by atoms with Gasteiger partial charge < -0.3 is 19.1 Å². The van der Waals surface area contributed by atoms with E-state index in [9.17, 15) is 9.59 Å². The highest BCUT2D eigenvalue weighted by Crippen LogP contribution is 2.40. The van der Waals surface area contributed by atoms with Gasteiger partial charge in [-0.2, -0.15) is 0 Å². The SMILES string of the molecule is COc1ccc(C(=O)C2CC3CCCC(C2)N3C(=O)OC(C)(C)C)c(OC)c1. The van der Waals surface area contributed by atoms with Crippen LogP contribution in [0.4, 0.5) is 4.79 Å². The van der Waals surface area contributed by atoms with Crippen LogP contribution >= 0.6 is 0 Å². The summed E-state index contributed by atoms with van der Waals surface area (Å²) in [6.45, 7) is 5.65. The van der Waals surface area contributed by atoms with Crippen LogP contribution in [0.25, 0.3) is 0 Å². The van der Waals surface area contributed by atoms with Crippen molar-refractivity contribution >= 4 is 11.9 Å². The summed E-state index contributed by atoms with van der Waals surface area (Å²) in [5.41, 5.74) is 0.0613.